The van der Waals surface area contributed by atoms with Crippen LogP contribution < -0.4 is 16.8 Å². The third-order valence-electron chi connectivity index (χ3n) is 3.21. The number of benzene rings is 2. The van der Waals surface area contributed by atoms with E-state index in [2.05, 4.69) is 5.32 Å². The molecule has 0 saturated heterocycles. The fourth-order valence-corrected chi connectivity index (χ4v) is 1.94. The Morgan fingerprint density at radius 3 is 2.19 bits per heavy atom. The van der Waals surface area contributed by atoms with Crippen LogP contribution in [0.1, 0.15) is 31.8 Å². The molecule has 0 saturated carbocycles. The van der Waals surface area contributed by atoms with Gasteiger partial charge in [-0.05, 0) is 48.4 Å². The van der Waals surface area contributed by atoms with Crippen molar-refractivity contribution in [3.63, 3.8) is 0 Å². The number of carbonyl (C=O) groups excluding carboxylic acids is 2. The number of rotatable bonds is 4. The van der Waals surface area contributed by atoms with E-state index in [9.17, 15) is 9.59 Å². The third-order valence-corrected chi connectivity index (χ3v) is 3.21. The van der Waals surface area contributed by atoms with Crippen molar-refractivity contribution in [3.8, 4) is 0 Å². The molecule has 0 unspecified atom stereocenters. The summed E-state index contributed by atoms with van der Waals surface area (Å²) in [6, 6.07) is 12.0. The number of nitrogens with one attached hydrogen (secondary N) is 1. The fourth-order valence-electron chi connectivity index (χ4n) is 1.94. The van der Waals surface area contributed by atoms with Gasteiger partial charge in [0.1, 0.15) is 0 Å². The minimum absolute atomic E-state index is 0.214. The smallest absolute Gasteiger partial charge is 0.255 e. The van der Waals surface area contributed by atoms with Gasteiger partial charge in [-0.25, -0.2) is 0 Å². The maximum absolute atomic E-state index is 12.2. The molecule has 0 aliphatic heterocycles. The molecular formula is C16H17N3O2. The highest BCUT2D eigenvalue weighted by Gasteiger charge is 2.09. The lowest BCUT2D eigenvalue weighted by Crippen LogP contribution is -2.14. The SMILES string of the molecule is Cc1cc(C(N)=O)ccc1NC(=O)c1ccc(CN)cc1. The lowest BCUT2D eigenvalue weighted by atomic mass is 10.1. The largest absolute Gasteiger partial charge is 0.366 e. The van der Waals surface area contributed by atoms with Crippen molar-refractivity contribution in [1.29, 1.82) is 0 Å². The van der Waals surface area contributed by atoms with Gasteiger partial charge in [0.15, 0.2) is 0 Å². The summed E-state index contributed by atoms with van der Waals surface area (Å²) in [5, 5.41) is 2.81. The summed E-state index contributed by atoms with van der Waals surface area (Å²) in [7, 11) is 0. The summed E-state index contributed by atoms with van der Waals surface area (Å²) in [6.07, 6.45) is 0. The van der Waals surface area contributed by atoms with Crippen LogP contribution in [0.5, 0.6) is 0 Å². The van der Waals surface area contributed by atoms with E-state index in [0.29, 0.717) is 23.4 Å². The van der Waals surface area contributed by atoms with Crippen molar-refractivity contribution in [2.45, 2.75) is 13.5 Å². The molecule has 5 nitrogen and oxygen atoms in total. The van der Waals surface area contributed by atoms with Gasteiger partial charge in [-0.3, -0.25) is 9.59 Å². The van der Waals surface area contributed by atoms with Crippen LogP contribution in [0.3, 0.4) is 0 Å². The Morgan fingerprint density at radius 2 is 1.67 bits per heavy atom. The predicted octanol–water partition coefficient (Wildman–Crippen LogP) is 1.80. The van der Waals surface area contributed by atoms with E-state index in [1.54, 1.807) is 37.3 Å². The minimum atomic E-state index is -0.492. The van der Waals surface area contributed by atoms with E-state index >= 15 is 0 Å². The first kappa shape index (κ1) is 14.7. The van der Waals surface area contributed by atoms with E-state index in [1.165, 1.54) is 0 Å². The molecule has 0 aliphatic rings. The zero-order chi connectivity index (χ0) is 15.4. The van der Waals surface area contributed by atoms with Gasteiger partial charge in [0.2, 0.25) is 5.91 Å². The van der Waals surface area contributed by atoms with Gasteiger partial charge in [0, 0.05) is 23.4 Å². The quantitative estimate of drug-likeness (QED) is 0.798. The molecule has 2 rings (SSSR count). The molecule has 2 aromatic carbocycles. The fraction of sp³-hybridized carbons (Fsp3) is 0.125. The van der Waals surface area contributed by atoms with E-state index < -0.39 is 5.91 Å². The van der Waals surface area contributed by atoms with Crippen LogP contribution >= 0.6 is 0 Å². The molecule has 0 spiro atoms. The Morgan fingerprint density at radius 1 is 1.05 bits per heavy atom. The highest BCUT2D eigenvalue weighted by Crippen LogP contribution is 2.17. The van der Waals surface area contributed by atoms with Gasteiger partial charge < -0.3 is 16.8 Å². The zero-order valence-corrected chi connectivity index (χ0v) is 11.7. The molecule has 5 N–H and O–H groups in total. The van der Waals surface area contributed by atoms with Crippen LogP contribution in [0.2, 0.25) is 0 Å². The highest BCUT2D eigenvalue weighted by molar-refractivity contribution is 6.05. The molecule has 0 fully saturated rings. The van der Waals surface area contributed by atoms with E-state index in [4.69, 9.17) is 11.5 Å². The molecule has 108 valence electrons. The van der Waals surface area contributed by atoms with Crippen molar-refractivity contribution in [2.24, 2.45) is 11.5 Å². The van der Waals surface area contributed by atoms with Crippen LogP contribution in [0.15, 0.2) is 42.5 Å². The number of amides is 2. The lowest BCUT2D eigenvalue weighted by Gasteiger charge is -2.09. The van der Waals surface area contributed by atoms with Crippen molar-refractivity contribution in [1.82, 2.24) is 0 Å². The predicted molar refractivity (Wildman–Crippen MR) is 82.0 cm³/mol. The highest BCUT2D eigenvalue weighted by atomic mass is 16.2. The van der Waals surface area contributed by atoms with E-state index in [-0.39, 0.29) is 5.91 Å². The van der Waals surface area contributed by atoms with Crippen molar-refractivity contribution in [2.75, 3.05) is 5.32 Å². The summed E-state index contributed by atoms with van der Waals surface area (Å²) in [5.74, 6) is -0.707. The molecule has 0 aliphatic carbocycles. The van der Waals surface area contributed by atoms with Crippen LogP contribution in [-0.4, -0.2) is 11.8 Å². The second-order valence-electron chi connectivity index (χ2n) is 4.75. The molecule has 5 heteroatoms. The second-order valence-corrected chi connectivity index (χ2v) is 4.75. The number of hydrogen-bond donors (Lipinski definition) is 3. The van der Waals surface area contributed by atoms with Crippen LogP contribution in [0.25, 0.3) is 0 Å². The van der Waals surface area contributed by atoms with Crippen molar-refractivity contribution >= 4 is 17.5 Å². The Bertz CT molecular complexity index is 678. The molecular weight excluding hydrogens is 266 g/mol. The van der Waals surface area contributed by atoms with Crippen LogP contribution in [0, 0.1) is 6.92 Å². The summed E-state index contributed by atoms with van der Waals surface area (Å²) < 4.78 is 0. The Hall–Kier alpha value is -2.66. The van der Waals surface area contributed by atoms with E-state index in [1.807, 2.05) is 12.1 Å². The third kappa shape index (κ3) is 3.46. The normalized spacial score (nSPS) is 10.2. The Kier molecular flexibility index (Phi) is 4.35. The number of hydrogen-bond acceptors (Lipinski definition) is 3. The maximum Gasteiger partial charge on any atom is 0.255 e. The van der Waals surface area contributed by atoms with E-state index in [0.717, 1.165) is 11.1 Å². The molecule has 2 aromatic rings. The Labute approximate surface area is 123 Å². The van der Waals surface area contributed by atoms with Gasteiger partial charge in [-0.2, -0.15) is 0 Å². The van der Waals surface area contributed by atoms with Gasteiger partial charge in [-0.1, -0.05) is 12.1 Å². The molecule has 0 radical (unpaired) electrons. The summed E-state index contributed by atoms with van der Waals surface area (Å²) in [6.45, 7) is 2.25. The number of carbonyl (C=O) groups is 2. The van der Waals surface area contributed by atoms with Gasteiger partial charge in [0.05, 0.1) is 0 Å². The first-order chi connectivity index (χ1) is 10.0. The zero-order valence-electron chi connectivity index (χ0n) is 11.7. The number of anilines is 1. The summed E-state index contributed by atoms with van der Waals surface area (Å²) in [5.41, 5.74) is 14.1. The molecule has 21 heavy (non-hydrogen) atoms. The standard InChI is InChI=1S/C16H17N3O2/c1-10-8-13(15(18)20)6-7-14(10)19-16(21)12-4-2-11(9-17)3-5-12/h2-8H,9,17H2,1H3,(H2,18,20)(H,19,21). The number of primary amides is 1. The molecule has 0 bridgehead atoms. The first-order valence-electron chi connectivity index (χ1n) is 6.52. The topological polar surface area (TPSA) is 98.2 Å². The maximum atomic E-state index is 12.2. The minimum Gasteiger partial charge on any atom is -0.366 e. The molecule has 0 heterocycles. The number of nitrogens with two attached hydrogens (primary N) is 2. The number of aryl methyl sites for hydroxylation is 1. The van der Waals surface area contributed by atoms with Gasteiger partial charge in [0.25, 0.3) is 5.91 Å². The second kappa shape index (κ2) is 6.19. The summed E-state index contributed by atoms with van der Waals surface area (Å²) >= 11 is 0. The average molecular weight is 283 g/mol. The van der Waals surface area contributed by atoms with Crippen molar-refractivity contribution in [3.05, 3.63) is 64.7 Å². The average Bonchev–Trinajstić information content (AvgIpc) is 2.49. The Balaban J connectivity index is 2.17. The van der Waals surface area contributed by atoms with Gasteiger partial charge in [-0.15, -0.1) is 0 Å². The first-order valence-corrected chi connectivity index (χ1v) is 6.52. The van der Waals surface area contributed by atoms with Gasteiger partial charge >= 0.3 is 0 Å². The van der Waals surface area contributed by atoms with Crippen LogP contribution in [0.4, 0.5) is 5.69 Å². The summed E-state index contributed by atoms with van der Waals surface area (Å²) in [4.78, 5) is 23.2. The van der Waals surface area contributed by atoms with Crippen LogP contribution in [-0.2, 0) is 6.54 Å². The monoisotopic (exact) mass is 283 g/mol. The lowest BCUT2D eigenvalue weighted by molar-refractivity contribution is 0.0998. The van der Waals surface area contributed by atoms with Crippen molar-refractivity contribution < 1.29 is 9.59 Å². The molecule has 0 aromatic heterocycles. The molecule has 2 amide bonds. The molecule has 0 atom stereocenters.